The predicted molar refractivity (Wildman–Crippen MR) is 507 cm³/mol. The van der Waals surface area contributed by atoms with Crippen LogP contribution in [-0.4, -0.2) is 30.2 Å². The minimum Gasteiger partial charge on any atom is -0.350 e. The zero-order chi connectivity index (χ0) is 85.1. The van der Waals surface area contributed by atoms with Gasteiger partial charge >= 0.3 is 0 Å². The summed E-state index contributed by atoms with van der Waals surface area (Å²) in [5.74, 6) is 16.9. The van der Waals surface area contributed by atoms with Gasteiger partial charge < -0.3 is 5.32 Å². The first-order chi connectivity index (χ1) is 54.0. The van der Waals surface area contributed by atoms with E-state index in [2.05, 4.69) is 178 Å². The van der Waals surface area contributed by atoms with Gasteiger partial charge in [0.05, 0.1) is 11.3 Å². The van der Waals surface area contributed by atoms with E-state index in [1.165, 1.54) is 308 Å². The Balaban J connectivity index is 5.52. The van der Waals surface area contributed by atoms with Crippen LogP contribution in [-0.2, 0) is 14.9 Å². The minimum absolute atomic E-state index is 0.0145. The number of amides is 1. The van der Waals surface area contributed by atoms with Gasteiger partial charge in [-0.1, -0.05) is 340 Å². The molecule has 0 aromatic rings. The molecule has 0 radical (unpaired) electrons. The Hall–Kier alpha value is -0.620. The molecule has 1 aliphatic rings. The average Bonchev–Trinajstić information content (AvgIpc) is 0.869. The molecule has 1 rings (SSSR count). The maximum absolute atomic E-state index is 15.7. The maximum atomic E-state index is 15.7. The van der Waals surface area contributed by atoms with E-state index in [1.807, 2.05) is 13.8 Å². The highest BCUT2D eigenvalue weighted by molar-refractivity contribution is 7.85. The van der Waals surface area contributed by atoms with Crippen molar-refractivity contribution in [3.63, 3.8) is 0 Å². The van der Waals surface area contributed by atoms with Crippen LogP contribution in [0.3, 0.4) is 0 Å². The molecule has 676 valence electrons. The van der Waals surface area contributed by atoms with E-state index in [9.17, 15) is 13.0 Å². The van der Waals surface area contributed by atoms with Gasteiger partial charge in [0.1, 0.15) is 0 Å². The lowest BCUT2D eigenvalue weighted by molar-refractivity contribution is -0.127. The molecule has 1 saturated carbocycles. The van der Waals surface area contributed by atoms with Gasteiger partial charge in [0.2, 0.25) is 5.91 Å². The molecular weight excluding hydrogens is 1400 g/mol. The first kappa shape index (κ1) is 110. The largest absolute Gasteiger partial charge is 0.350 e. The van der Waals surface area contributed by atoms with Crippen LogP contribution in [0.25, 0.3) is 0 Å². The third-order valence-corrected chi connectivity index (χ3v) is 34.2. The second-order valence-electron chi connectivity index (χ2n) is 41.8. The van der Waals surface area contributed by atoms with Gasteiger partial charge in [0.25, 0.3) is 10.1 Å². The molecule has 0 spiro atoms. The standard InChI is InChI=1S/C107H213NO4S/c1-28-81(29-2)55-94(56-82(30-3)31-4)68-100(69-95(57-83(32-5)33-6)58-84(34-7)35-8)74-103(75-101(70-96(59-85(36-9)37-10)60-86(38-11)39-12)71-97(61-87(40-13)41-14)62-88(42-15)43-16)77-104-76-102(72-98(63-89(44-17)45-18)64-90(46-19)47-20)73-99(65-91(48-21)49-22)67-93(51-24)66-92(50-23)53-52-54-105(78-104)80(25)106(109)108-107(26,27)79-113(110,111)112/h80-105H,28-79H2,1-27H3,(H,108,109)(H,110,111,112). The Labute approximate surface area is 714 Å². The molecule has 7 unspecified atom stereocenters. The summed E-state index contributed by atoms with van der Waals surface area (Å²) in [5.41, 5.74) is -1.10. The Morgan fingerprint density at radius 3 is 0.735 bits per heavy atom. The zero-order valence-electron chi connectivity index (χ0n) is 82.4. The predicted octanol–water partition coefficient (Wildman–Crippen LogP) is 35.2. The van der Waals surface area contributed by atoms with Crippen molar-refractivity contribution in [1.29, 1.82) is 0 Å². The summed E-state index contributed by atoms with van der Waals surface area (Å²) in [6.45, 7) is 66.3. The van der Waals surface area contributed by atoms with Crippen molar-refractivity contribution in [3.05, 3.63) is 0 Å². The zero-order valence-corrected chi connectivity index (χ0v) is 83.2. The summed E-state index contributed by atoms with van der Waals surface area (Å²) in [6, 6.07) is 0. The number of carbonyl (C=O) groups is 1. The molecule has 0 aromatic carbocycles. The lowest BCUT2D eigenvalue weighted by atomic mass is 9.66. The van der Waals surface area contributed by atoms with E-state index in [0.717, 1.165) is 126 Å². The van der Waals surface area contributed by atoms with Crippen molar-refractivity contribution in [2.24, 2.45) is 154 Å². The highest BCUT2D eigenvalue weighted by Gasteiger charge is 2.39. The average molecular weight is 1610 g/mol. The van der Waals surface area contributed by atoms with Crippen LogP contribution in [0.1, 0.15) is 514 Å². The van der Waals surface area contributed by atoms with E-state index in [1.54, 1.807) is 0 Å². The Bertz CT molecular complexity index is 2060. The highest BCUT2D eigenvalue weighted by Crippen LogP contribution is 2.49. The van der Waals surface area contributed by atoms with Gasteiger partial charge in [-0.2, -0.15) is 8.42 Å². The molecule has 0 aromatic heterocycles. The summed E-state index contributed by atoms with van der Waals surface area (Å²) < 4.78 is 36.1. The lowest BCUT2D eigenvalue weighted by Gasteiger charge is -2.40. The number of carbonyl (C=O) groups excluding carboxylic acids is 1. The summed E-state index contributed by atoms with van der Waals surface area (Å²) in [4.78, 5) is 15.7. The number of hydrogen-bond donors (Lipinski definition) is 2. The topological polar surface area (TPSA) is 83.5 Å². The van der Waals surface area contributed by atoms with Crippen molar-refractivity contribution >= 4 is 16.0 Å². The molecule has 1 aliphatic carbocycles. The van der Waals surface area contributed by atoms with Crippen LogP contribution in [0.15, 0.2) is 0 Å². The quantitative estimate of drug-likeness (QED) is 0.0595. The van der Waals surface area contributed by atoms with Crippen LogP contribution in [0.2, 0.25) is 0 Å². The number of rotatable bonds is 67. The van der Waals surface area contributed by atoms with Gasteiger partial charge in [-0.05, 0) is 322 Å². The molecule has 0 saturated heterocycles. The second kappa shape index (κ2) is 64.2. The van der Waals surface area contributed by atoms with E-state index >= 15 is 4.79 Å². The SMILES string of the molecule is CCC(CC)CC(CC(CC)CC)CC(CC(CC(CC)CC)CC(CC)CC)CC(CC(CC(CC(CC)CC)CC(CC)CC)CC(CC(CC)CC)CC(CC)CC)CC1CC(CC(CC(CC)CC)CC(CC)CC)CC(CC(CC)CC)CC(CC)CC(CC)CCCC(C(C)C(=O)NC(C)(C)CS(=O)(=O)O)C1. The molecule has 113 heavy (non-hydrogen) atoms. The minimum atomic E-state index is -4.34. The van der Waals surface area contributed by atoms with E-state index in [-0.39, 0.29) is 17.7 Å². The normalized spacial score (nSPS) is 19.0. The molecule has 0 heterocycles. The van der Waals surface area contributed by atoms with E-state index < -0.39 is 21.4 Å². The van der Waals surface area contributed by atoms with E-state index in [0.29, 0.717) is 35.5 Å². The molecule has 0 bridgehead atoms. The first-order valence-electron chi connectivity index (χ1n) is 52.2. The molecule has 1 amide bonds. The summed E-state index contributed by atoms with van der Waals surface area (Å²) in [5, 5.41) is 3.35. The fourth-order valence-corrected chi connectivity index (χ4v) is 25.6. The number of hydrogen-bond acceptors (Lipinski definition) is 3. The molecule has 6 heteroatoms. The monoisotopic (exact) mass is 1610 g/mol. The Morgan fingerprint density at radius 2 is 0.496 bits per heavy atom. The van der Waals surface area contributed by atoms with Gasteiger partial charge in [0.15, 0.2) is 0 Å². The van der Waals surface area contributed by atoms with Crippen LogP contribution in [0.5, 0.6) is 0 Å². The first-order valence-corrected chi connectivity index (χ1v) is 53.9. The third-order valence-electron chi connectivity index (χ3n) is 33.1. The third kappa shape index (κ3) is 47.0. The van der Waals surface area contributed by atoms with Crippen molar-refractivity contribution in [1.82, 2.24) is 5.32 Å². The molecule has 7 atom stereocenters. The maximum Gasteiger partial charge on any atom is 0.267 e. The summed E-state index contributed by atoms with van der Waals surface area (Å²) in [7, 11) is -4.34. The molecule has 1 fully saturated rings. The van der Waals surface area contributed by atoms with Crippen LogP contribution in [0, 0.1) is 154 Å². The van der Waals surface area contributed by atoms with Crippen LogP contribution < -0.4 is 5.32 Å². The van der Waals surface area contributed by atoms with Gasteiger partial charge in [-0.3, -0.25) is 9.35 Å². The van der Waals surface area contributed by atoms with Gasteiger partial charge in [0, 0.05) is 5.92 Å². The lowest BCUT2D eigenvalue weighted by Crippen LogP contribution is -2.51. The highest BCUT2D eigenvalue weighted by atomic mass is 32.2. The number of nitrogens with one attached hydrogen (secondary N) is 1. The van der Waals surface area contributed by atoms with Gasteiger partial charge in [-0.25, -0.2) is 0 Å². The van der Waals surface area contributed by atoms with Gasteiger partial charge in [-0.15, -0.1) is 0 Å². The fraction of sp³-hybridized carbons (Fsp3) is 0.991. The van der Waals surface area contributed by atoms with Crippen LogP contribution >= 0.6 is 0 Å². The van der Waals surface area contributed by atoms with Crippen molar-refractivity contribution in [3.8, 4) is 0 Å². The van der Waals surface area contributed by atoms with Crippen molar-refractivity contribution in [2.45, 2.75) is 520 Å². The Morgan fingerprint density at radius 1 is 0.292 bits per heavy atom. The van der Waals surface area contributed by atoms with E-state index in [4.69, 9.17) is 0 Å². The van der Waals surface area contributed by atoms with Crippen molar-refractivity contribution in [2.75, 3.05) is 5.75 Å². The van der Waals surface area contributed by atoms with Crippen molar-refractivity contribution < 1.29 is 17.8 Å². The molecular formula is C107H213NO4S. The van der Waals surface area contributed by atoms with Crippen LogP contribution in [0.4, 0.5) is 0 Å². The fourth-order valence-electron chi connectivity index (χ4n) is 24.6. The molecule has 5 nitrogen and oxygen atoms in total. The Kier molecular flexibility index (Phi) is 62.7. The molecule has 2 N–H and O–H groups in total. The smallest absolute Gasteiger partial charge is 0.267 e. The molecule has 0 aliphatic heterocycles. The summed E-state index contributed by atoms with van der Waals surface area (Å²) >= 11 is 0. The summed E-state index contributed by atoms with van der Waals surface area (Å²) in [6.07, 6.45) is 67.2. The second-order valence-corrected chi connectivity index (χ2v) is 43.3.